The molecule has 1 fully saturated rings. The Kier molecular flexibility index (Phi) is 3.09. The Bertz CT molecular complexity index is 618. The van der Waals surface area contributed by atoms with Crippen LogP contribution in [0.5, 0.6) is 0 Å². The first kappa shape index (κ1) is 11.7. The molecule has 0 N–H and O–H groups in total. The van der Waals surface area contributed by atoms with Crippen molar-refractivity contribution in [2.24, 2.45) is 0 Å². The zero-order chi connectivity index (χ0) is 12.5. The average molecular weight is 304 g/mol. The fourth-order valence-corrected chi connectivity index (χ4v) is 3.48. The Balaban J connectivity index is 2.11. The summed E-state index contributed by atoms with van der Waals surface area (Å²) in [7, 11) is 0. The third-order valence-electron chi connectivity index (χ3n) is 3.72. The number of halogens is 1. The van der Waals surface area contributed by atoms with Gasteiger partial charge in [-0.1, -0.05) is 19.3 Å². The maximum Gasteiger partial charge on any atom is 0.0992 e. The molecule has 0 radical (unpaired) electrons. The highest BCUT2D eigenvalue weighted by Crippen LogP contribution is 2.33. The molecular formula is C14H14BrN3. The summed E-state index contributed by atoms with van der Waals surface area (Å²) in [6.07, 6.45) is 8.35. The second kappa shape index (κ2) is 4.74. The highest BCUT2D eigenvalue weighted by molar-refractivity contribution is 9.10. The molecule has 2 aromatic rings. The topological polar surface area (TPSA) is 41.6 Å². The summed E-state index contributed by atoms with van der Waals surface area (Å²) in [5, 5.41) is 8.97. The van der Waals surface area contributed by atoms with E-state index in [4.69, 9.17) is 5.26 Å². The molecule has 1 aliphatic carbocycles. The second-order valence-corrected chi connectivity index (χ2v) is 5.74. The van der Waals surface area contributed by atoms with Crippen molar-refractivity contribution in [1.82, 2.24) is 9.55 Å². The van der Waals surface area contributed by atoms with Crippen molar-refractivity contribution < 1.29 is 0 Å². The molecule has 1 aromatic carbocycles. The average Bonchev–Trinajstić information content (AvgIpc) is 2.84. The van der Waals surface area contributed by atoms with E-state index in [9.17, 15) is 0 Å². The predicted octanol–water partition coefficient (Wildman–Crippen LogP) is 4.18. The van der Waals surface area contributed by atoms with Crippen LogP contribution >= 0.6 is 15.9 Å². The molecule has 0 unspecified atom stereocenters. The quantitative estimate of drug-likeness (QED) is 0.793. The summed E-state index contributed by atoms with van der Waals surface area (Å²) >= 11 is 3.57. The van der Waals surface area contributed by atoms with Crippen molar-refractivity contribution in [1.29, 1.82) is 5.26 Å². The molecule has 1 aliphatic rings. The lowest BCUT2D eigenvalue weighted by molar-refractivity contribution is 0.359. The van der Waals surface area contributed by atoms with Crippen LogP contribution in [0.25, 0.3) is 11.0 Å². The van der Waals surface area contributed by atoms with Crippen LogP contribution < -0.4 is 0 Å². The zero-order valence-electron chi connectivity index (χ0n) is 10.1. The predicted molar refractivity (Wildman–Crippen MR) is 74.3 cm³/mol. The van der Waals surface area contributed by atoms with Gasteiger partial charge in [-0.15, -0.1) is 0 Å². The van der Waals surface area contributed by atoms with E-state index in [-0.39, 0.29) is 0 Å². The largest absolute Gasteiger partial charge is 0.327 e. The van der Waals surface area contributed by atoms with E-state index in [0.29, 0.717) is 11.6 Å². The monoisotopic (exact) mass is 303 g/mol. The number of hydrogen-bond acceptors (Lipinski definition) is 2. The number of nitrogens with zero attached hydrogens (tertiary/aromatic N) is 3. The van der Waals surface area contributed by atoms with Gasteiger partial charge in [0, 0.05) is 10.5 Å². The minimum atomic E-state index is 0.563. The number of nitriles is 1. The van der Waals surface area contributed by atoms with Crippen LogP contribution in [0, 0.1) is 11.3 Å². The van der Waals surface area contributed by atoms with Gasteiger partial charge in [0.2, 0.25) is 0 Å². The molecule has 0 aliphatic heterocycles. The van der Waals surface area contributed by atoms with E-state index in [1.807, 2.05) is 18.5 Å². The van der Waals surface area contributed by atoms with Crippen molar-refractivity contribution in [2.75, 3.05) is 0 Å². The molecule has 3 rings (SSSR count). The van der Waals surface area contributed by atoms with Crippen LogP contribution in [0.2, 0.25) is 0 Å². The van der Waals surface area contributed by atoms with Gasteiger partial charge < -0.3 is 4.57 Å². The van der Waals surface area contributed by atoms with Crippen LogP contribution in [0.15, 0.2) is 22.9 Å². The van der Waals surface area contributed by atoms with E-state index < -0.39 is 0 Å². The number of hydrogen-bond donors (Lipinski definition) is 0. The summed E-state index contributed by atoms with van der Waals surface area (Å²) in [6.45, 7) is 0. The molecule has 0 saturated heterocycles. The van der Waals surface area contributed by atoms with Gasteiger partial charge in [-0.05, 0) is 40.9 Å². The zero-order valence-corrected chi connectivity index (χ0v) is 11.7. The normalized spacial score (nSPS) is 16.9. The smallest absolute Gasteiger partial charge is 0.0992 e. The van der Waals surface area contributed by atoms with Gasteiger partial charge in [0.15, 0.2) is 0 Å². The Morgan fingerprint density at radius 1 is 1.28 bits per heavy atom. The Hall–Kier alpha value is -1.34. The van der Waals surface area contributed by atoms with E-state index >= 15 is 0 Å². The summed E-state index contributed by atoms with van der Waals surface area (Å²) in [5.41, 5.74) is 2.69. The number of benzene rings is 1. The molecule has 1 heterocycles. The van der Waals surface area contributed by atoms with Crippen LogP contribution in [0.1, 0.15) is 43.7 Å². The fraction of sp³-hybridized carbons (Fsp3) is 0.429. The molecule has 0 spiro atoms. The van der Waals surface area contributed by atoms with Crippen molar-refractivity contribution in [2.45, 2.75) is 38.1 Å². The molecule has 4 heteroatoms. The van der Waals surface area contributed by atoms with Gasteiger partial charge in [-0.25, -0.2) is 4.98 Å². The lowest BCUT2D eigenvalue weighted by Crippen LogP contribution is -2.11. The second-order valence-electron chi connectivity index (χ2n) is 4.88. The van der Waals surface area contributed by atoms with Crippen LogP contribution in [-0.4, -0.2) is 9.55 Å². The van der Waals surface area contributed by atoms with E-state index in [2.05, 4.69) is 31.6 Å². The summed E-state index contributed by atoms with van der Waals surface area (Å²) < 4.78 is 3.25. The number of imidazole rings is 1. The van der Waals surface area contributed by atoms with Crippen molar-refractivity contribution in [3.05, 3.63) is 28.5 Å². The SMILES string of the molecule is N#Cc1cc(Br)c2c(c1)ncn2C1CCCCC1. The Morgan fingerprint density at radius 2 is 2.06 bits per heavy atom. The molecule has 1 saturated carbocycles. The first-order valence-electron chi connectivity index (χ1n) is 6.36. The molecular weight excluding hydrogens is 290 g/mol. The minimum Gasteiger partial charge on any atom is -0.327 e. The summed E-state index contributed by atoms with van der Waals surface area (Å²) in [4.78, 5) is 4.45. The third kappa shape index (κ3) is 1.93. The lowest BCUT2D eigenvalue weighted by Gasteiger charge is -2.23. The van der Waals surface area contributed by atoms with Gasteiger partial charge in [-0.3, -0.25) is 0 Å². The number of aromatic nitrogens is 2. The molecule has 1 aromatic heterocycles. The first-order chi connectivity index (χ1) is 8.79. The highest BCUT2D eigenvalue weighted by Gasteiger charge is 2.18. The van der Waals surface area contributed by atoms with Crippen molar-refractivity contribution in [3.8, 4) is 6.07 Å². The minimum absolute atomic E-state index is 0.563. The summed E-state index contributed by atoms with van der Waals surface area (Å²) in [5.74, 6) is 0. The summed E-state index contributed by atoms with van der Waals surface area (Å²) in [6, 6.07) is 6.47. The van der Waals surface area contributed by atoms with Crippen LogP contribution in [-0.2, 0) is 0 Å². The lowest BCUT2D eigenvalue weighted by atomic mass is 9.95. The van der Waals surface area contributed by atoms with Gasteiger partial charge in [0.1, 0.15) is 0 Å². The number of rotatable bonds is 1. The molecule has 18 heavy (non-hydrogen) atoms. The molecule has 3 nitrogen and oxygen atoms in total. The van der Waals surface area contributed by atoms with E-state index in [1.165, 1.54) is 32.1 Å². The maximum absolute atomic E-state index is 8.97. The molecule has 0 bridgehead atoms. The molecule has 92 valence electrons. The van der Waals surface area contributed by atoms with Crippen LogP contribution in [0.3, 0.4) is 0 Å². The Morgan fingerprint density at radius 3 is 2.78 bits per heavy atom. The Labute approximate surface area is 115 Å². The maximum atomic E-state index is 8.97. The standard InChI is InChI=1S/C14H14BrN3/c15-12-6-10(8-16)7-13-14(12)18(9-17-13)11-4-2-1-3-5-11/h6-7,9,11H,1-5H2. The third-order valence-corrected chi connectivity index (χ3v) is 4.32. The molecule has 0 amide bonds. The van der Waals surface area contributed by atoms with E-state index in [1.54, 1.807) is 0 Å². The number of fused-ring (bicyclic) bond motifs is 1. The molecule has 0 atom stereocenters. The van der Waals surface area contributed by atoms with Gasteiger partial charge in [-0.2, -0.15) is 5.26 Å². The van der Waals surface area contributed by atoms with Gasteiger partial charge >= 0.3 is 0 Å². The first-order valence-corrected chi connectivity index (χ1v) is 7.15. The van der Waals surface area contributed by atoms with Crippen molar-refractivity contribution in [3.63, 3.8) is 0 Å². The highest BCUT2D eigenvalue weighted by atomic mass is 79.9. The van der Waals surface area contributed by atoms with Gasteiger partial charge in [0.25, 0.3) is 0 Å². The van der Waals surface area contributed by atoms with Crippen molar-refractivity contribution >= 4 is 27.0 Å². The van der Waals surface area contributed by atoms with Gasteiger partial charge in [0.05, 0.1) is 29.0 Å². The van der Waals surface area contributed by atoms with E-state index in [0.717, 1.165) is 15.5 Å². The van der Waals surface area contributed by atoms with Crippen LogP contribution in [0.4, 0.5) is 0 Å². The fourth-order valence-electron chi connectivity index (χ4n) is 2.82.